The molecule has 7 nitrogen and oxygen atoms in total. The number of β-amino-alcohol motifs (C(OH)–C–C–N with tert-alkyl or cyclic N) is 1. The van der Waals surface area contributed by atoms with Gasteiger partial charge in [0.25, 0.3) is 0 Å². The van der Waals surface area contributed by atoms with Gasteiger partial charge >= 0.3 is 0 Å². The van der Waals surface area contributed by atoms with Crippen LogP contribution in [0.15, 0.2) is 54.6 Å². The summed E-state index contributed by atoms with van der Waals surface area (Å²) in [5.41, 5.74) is 2.91. The first-order valence-corrected chi connectivity index (χ1v) is 24.3. The fourth-order valence-corrected chi connectivity index (χ4v) is 17.7. The smallest absolute Gasteiger partial charge is 0.226 e. The van der Waals surface area contributed by atoms with Gasteiger partial charge in [0.15, 0.2) is 0 Å². The fourth-order valence-electron chi connectivity index (χ4n) is 16.9. The molecular weight excluding hydrogens is 775 g/mol. The van der Waals surface area contributed by atoms with E-state index in [0.717, 1.165) is 116 Å². The van der Waals surface area contributed by atoms with E-state index in [0.29, 0.717) is 30.1 Å². The van der Waals surface area contributed by atoms with E-state index in [-0.39, 0.29) is 55.9 Å². The first kappa shape index (κ1) is 40.9. The van der Waals surface area contributed by atoms with Gasteiger partial charge in [0.05, 0.1) is 23.0 Å². The van der Waals surface area contributed by atoms with Gasteiger partial charge in [-0.2, -0.15) is 0 Å². The van der Waals surface area contributed by atoms with Crippen LogP contribution in [0.4, 0.5) is 0 Å². The maximum absolute atomic E-state index is 15.0. The number of halogens is 2. The van der Waals surface area contributed by atoms with Crippen LogP contribution >= 0.6 is 23.2 Å². The highest BCUT2D eigenvalue weighted by Crippen LogP contribution is 2.76. The average Bonchev–Trinajstić information content (AvgIpc) is 3.19. The topological polar surface area (TPSA) is 102 Å². The third-order valence-electron chi connectivity index (χ3n) is 18.3. The lowest BCUT2D eigenvalue weighted by Crippen LogP contribution is -2.68. The summed E-state index contributed by atoms with van der Waals surface area (Å²) in [6.07, 6.45) is 15.0. The summed E-state index contributed by atoms with van der Waals surface area (Å²) in [6, 6.07) is 20.8. The first-order chi connectivity index (χ1) is 28.2. The monoisotopic (exact) mass is 842 g/mol. The van der Waals surface area contributed by atoms with E-state index in [2.05, 4.69) is 89.7 Å². The van der Waals surface area contributed by atoms with Gasteiger partial charge in [0, 0.05) is 30.9 Å². The highest BCUT2D eigenvalue weighted by molar-refractivity contribution is 6.18. The standard InChI is InChI=1S/C50H68Cl2N4O3/c1-43(2)33-54-19-13-40(43)56-41(58)47-22-34-20-44(25-47,14-16-51)24-46(21-34,29-47)36-8-10-37(11-9-36)49-27-45(15-17-52)26-48(30-49,35-6-4-3-5-7-35)31-50(28-45,32-49)42(59)55-38-12-18-53-23-39(38)57/h3-11,34,38-40,53-54,57H,12-33H2,1-2H3,(H,55,59)(H,56,58)/t34?,38-,39-,40?,44-,45+,46-,47?,48+,49?,50?/m1/s1. The number of benzene rings is 2. The molecule has 0 spiro atoms. The molecular formula is C50H68Cl2N4O3. The molecule has 2 aromatic rings. The number of hydrogen-bond acceptors (Lipinski definition) is 5. The molecule has 5 unspecified atom stereocenters. The van der Waals surface area contributed by atoms with Crippen molar-refractivity contribution in [1.82, 2.24) is 21.3 Å². The molecule has 9 heteroatoms. The van der Waals surface area contributed by atoms with Crippen LogP contribution in [0.2, 0.25) is 0 Å². The molecule has 2 heterocycles. The Morgan fingerprint density at radius 1 is 0.661 bits per heavy atom. The largest absolute Gasteiger partial charge is 0.390 e. The Morgan fingerprint density at radius 3 is 1.93 bits per heavy atom. The van der Waals surface area contributed by atoms with E-state index in [1.54, 1.807) is 0 Å². The van der Waals surface area contributed by atoms with Crippen LogP contribution in [0.3, 0.4) is 0 Å². The zero-order valence-corrected chi connectivity index (χ0v) is 37.1. The molecule has 2 saturated heterocycles. The summed E-state index contributed by atoms with van der Waals surface area (Å²) < 4.78 is 0. The molecule has 320 valence electrons. The Hall–Kier alpha value is -2.16. The van der Waals surface area contributed by atoms with Crippen LogP contribution in [0, 0.1) is 33.0 Å². The number of carbonyl (C=O) groups is 2. The summed E-state index contributed by atoms with van der Waals surface area (Å²) in [4.78, 5) is 29.8. The average molecular weight is 844 g/mol. The number of amides is 2. The van der Waals surface area contributed by atoms with Crippen molar-refractivity contribution >= 4 is 35.0 Å². The molecule has 10 aliphatic rings. The molecule has 12 rings (SSSR count). The van der Waals surface area contributed by atoms with Gasteiger partial charge in [0.2, 0.25) is 11.8 Å². The minimum absolute atomic E-state index is 0.0180. The molecule has 5 N–H and O–H groups in total. The summed E-state index contributed by atoms with van der Waals surface area (Å²) >= 11 is 13.4. The van der Waals surface area contributed by atoms with Crippen molar-refractivity contribution in [1.29, 1.82) is 0 Å². The van der Waals surface area contributed by atoms with E-state index in [1.807, 2.05) is 0 Å². The van der Waals surface area contributed by atoms with Gasteiger partial charge in [-0.25, -0.2) is 0 Å². The number of carbonyl (C=O) groups excluding carboxylic acids is 2. The maximum Gasteiger partial charge on any atom is 0.226 e. The van der Waals surface area contributed by atoms with Crippen molar-refractivity contribution < 1.29 is 14.7 Å². The Balaban J connectivity index is 1.01. The van der Waals surface area contributed by atoms with E-state index in [1.165, 1.54) is 23.1 Å². The second-order valence-electron chi connectivity index (χ2n) is 22.9. The zero-order chi connectivity index (χ0) is 40.9. The lowest BCUT2D eigenvalue weighted by Gasteiger charge is -2.70. The number of alkyl halides is 2. The van der Waals surface area contributed by atoms with Crippen LogP contribution in [-0.4, -0.2) is 73.0 Å². The molecule has 0 radical (unpaired) electrons. The van der Waals surface area contributed by atoms with Crippen molar-refractivity contribution in [3.8, 4) is 0 Å². The van der Waals surface area contributed by atoms with Crippen molar-refractivity contribution in [2.45, 2.75) is 151 Å². The van der Waals surface area contributed by atoms with Crippen molar-refractivity contribution in [3.05, 3.63) is 71.3 Å². The van der Waals surface area contributed by atoms with Crippen molar-refractivity contribution in [2.24, 2.45) is 33.0 Å². The van der Waals surface area contributed by atoms with Gasteiger partial charge in [-0.3, -0.25) is 9.59 Å². The quantitative estimate of drug-likeness (QED) is 0.148. The molecule has 8 saturated carbocycles. The van der Waals surface area contributed by atoms with Crippen LogP contribution in [0.1, 0.15) is 133 Å². The highest BCUT2D eigenvalue weighted by atomic mass is 35.5. The van der Waals surface area contributed by atoms with Crippen LogP contribution in [-0.2, 0) is 25.8 Å². The number of nitrogens with one attached hydrogen (secondary N) is 4. The second-order valence-corrected chi connectivity index (χ2v) is 23.7. The van der Waals surface area contributed by atoms with Gasteiger partial charge in [-0.05, 0) is 171 Å². The number of hydrogen-bond donors (Lipinski definition) is 5. The predicted molar refractivity (Wildman–Crippen MR) is 236 cm³/mol. The van der Waals surface area contributed by atoms with Gasteiger partial charge in [-0.1, -0.05) is 68.4 Å². The lowest BCUT2D eigenvalue weighted by atomic mass is 9.33. The Morgan fingerprint density at radius 2 is 1.25 bits per heavy atom. The fraction of sp³-hybridized carbons (Fsp3) is 0.720. The maximum atomic E-state index is 15.0. The van der Waals surface area contributed by atoms with E-state index < -0.39 is 11.5 Å². The summed E-state index contributed by atoms with van der Waals surface area (Å²) in [7, 11) is 0. The highest BCUT2D eigenvalue weighted by Gasteiger charge is 2.71. The van der Waals surface area contributed by atoms with E-state index >= 15 is 4.79 Å². The molecule has 2 amide bonds. The minimum Gasteiger partial charge on any atom is -0.390 e. The van der Waals surface area contributed by atoms with Crippen molar-refractivity contribution in [3.63, 3.8) is 0 Å². The van der Waals surface area contributed by atoms with Crippen LogP contribution in [0.5, 0.6) is 0 Å². The van der Waals surface area contributed by atoms with Crippen LogP contribution < -0.4 is 21.3 Å². The molecule has 8 bridgehead atoms. The third-order valence-corrected chi connectivity index (χ3v) is 18.6. The molecule has 59 heavy (non-hydrogen) atoms. The van der Waals surface area contributed by atoms with Gasteiger partial charge < -0.3 is 26.4 Å². The molecule has 2 aliphatic heterocycles. The molecule has 8 aliphatic carbocycles. The zero-order valence-electron chi connectivity index (χ0n) is 35.6. The number of piperidine rings is 2. The normalized spacial score (nSPS) is 44.0. The van der Waals surface area contributed by atoms with E-state index in [4.69, 9.17) is 23.2 Å². The minimum atomic E-state index is -0.585. The summed E-state index contributed by atoms with van der Waals surface area (Å²) in [5.74, 6) is 2.19. The first-order valence-electron chi connectivity index (χ1n) is 23.2. The predicted octanol–water partition coefficient (Wildman–Crippen LogP) is 8.03. The van der Waals surface area contributed by atoms with Gasteiger partial charge in [0.1, 0.15) is 0 Å². The Bertz CT molecular complexity index is 1950. The Kier molecular flexibility index (Phi) is 10.0. The molecule has 11 atom stereocenters. The van der Waals surface area contributed by atoms with E-state index in [9.17, 15) is 9.90 Å². The van der Waals surface area contributed by atoms with Crippen molar-refractivity contribution in [2.75, 3.05) is 37.9 Å². The molecule has 0 aromatic heterocycles. The summed E-state index contributed by atoms with van der Waals surface area (Å²) in [5, 5.41) is 24.9. The summed E-state index contributed by atoms with van der Waals surface area (Å²) in [6.45, 7) is 7.76. The number of aliphatic hydroxyl groups excluding tert-OH is 1. The second kappa shape index (κ2) is 14.4. The van der Waals surface area contributed by atoms with Crippen LogP contribution in [0.25, 0.3) is 0 Å². The van der Waals surface area contributed by atoms with Gasteiger partial charge in [-0.15, -0.1) is 23.2 Å². The SMILES string of the molecule is CC1(C)CNCCC1NC(=O)C12CC3C[C@@](CCCl)(C1)C[C@](c1ccc(C45CC6(C(=O)N[C@@H]7CCNC[C@H]7O)C[C@](CCCl)(C4)C[C@@](c4ccccc4)(C6)C5)cc1)(C3)C2. The lowest BCUT2D eigenvalue weighted by molar-refractivity contribution is -0.170. The molecule has 10 fully saturated rings. The number of aliphatic hydroxyl groups is 1. The Labute approximate surface area is 362 Å². The molecule has 2 aromatic carbocycles. The third kappa shape index (κ3) is 6.66. The number of rotatable bonds is 11.